The SMILES string of the molecule is Cc1ccc(/C(O)=C2\C(=O)C(=O)N(c3ncccn3)C2c2ccc([N+](=O)[O-])cc2)cc1. The first-order chi connectivity index (χ1) is 14.9. The van der Waals surface area contributed by atoms with E-state index in [1.54, 1.807) is 30.3 Å². The molecule has 0 saturated carbocycles. The molecule has 9 heteroatoms. The minimum Gasteiger partial charge on any atom is -0.507 e. The number of nitrogens with zero attached hydrogens (tertiary/aromatic N) is 4. The number of aliphatic hydroxyl groups is 1. The lowest BCUT2D eigenvalue weighted by atomic mass is 9.95. The first kappa shape index (κ1) is 19.9. The molecule has 0 radical (unpaired) electrons. The number of amides is 1. The molecule has 0 spiro atoms. The molecule has 0 aliphatic carbocycles. The Balaban J connectivity index is 1.92. The monoisotopic (exact) mass is 416 g/mol. The topological polar surface area (TPSA) is 127 Å². The van der Waals surface area contributed by atoms with Crippen LogP contribution in [-0.2, 0) is 9.59 Å². The van der Waals surface area contributed by atoms with E-state index in [0.717, 1.165) is 10.5 Å². The van der Waals surface area contributed by atoms with Crippen molar-refractivity contribution in [3.8, 4) is 0 Å². The Labute approximate surface area is 176 Å². The summed E-state index contributed by atoms with van der Waals surface area (Å²) in [6.45, 7) is 1.88. The van der Waals surface area contributed by atoms with E-state index in [-0.39, 0.29) is 23.0 Å². The van der Waals surface area contributed by atoms with Crippen molar-refractivity contribution >= 4 is 29.1 Å². The van der Waals surface area contributed by atoms with Gasteiger partial charge in [0, 0.05) is 30.1 Å². The van der Waals surface area contributed by atoms with E-state index < -0.39 is 22.7 Å². The number of aryl methyl sites for hydroxylation is 1. The summed E-state index contributed by atoms with van der Waals surface area (Å²) in [7, 11) is 0. The first-order valence-electron chi connectivity index (χ1n) is 9.28. The third-order valence-electron chi connectivity index (χ3n) is 4.96. The first-order valence-corrected chi connectivity index (χ1v) is 9.28. The second-order valence-electron chi connectivity index (χ2n) is 6.93. The average Bonchev–Trinajstić information content (AvgIpc) is 3.05. The van der Waals surface area contributed by atoms with E-state index in [1.807, 2.05) is 6.92 Å². The van der Waals surface area contributed by atoms with Gasteiger partial charge < -0.3 is 5.11 Å². The predicted octanol–water partition coefficient (Wildman–Crippen LogP) is 3.32. The number of aliphatic hydroxyl groups excluding tert-OH is 1. The Morgan fingerprint density at radius 1 is 1.03 bits per heavy atom. The fourth-order valence-electron chi connectivity index (χ4n) is 3.42. The normalized spacial score (nSPS) is 17.7. The molecule has 31 heavy (non-hydrogen) atoms. The summed E-state index contributed by atoms with van der Waals surface area (Å²) in [5, 5.41) is 22.0. The molecule has 154 valence electrons. The highest BCUT2D eigenvalue weighted by molar-refractivity contribution is 6.51. The number of benzene rings is 2. The van der Waals surface area contributed by atoms with Crippen molar-refractivity contribution in [1.82, 2.24) is 9.97 Å². The summed E-state index contributed by atoms with van der Waals surface area (Å²) in [4.78, 5) is 45.6. The fraction of sp³-hybridized carbons (Fsp3) is 0.0909. The molecule has 1 aliphatic rings. The maximum Gasteiger partial charge on any atom is 0.302 e. The van der Waals surface area contributed by atoms with Gasteiger partial charge in [0.2, 0.25) is 5.95 Å². The number of non-ortho nitro benzene ring substituents is 1. The number of rotatable bonds is 4. The molecule has 1 amide bonds. The maximum absolute atomic E-state index is 13.0. The van der Waals surface area contributed by atoms with Crippen LogP contribution in [0.3, 0.4) is 0 Å². The van der Waals surface area contributed by atoms with Crippen LogP contribution in [0.15, 0.2) is 72.6 Å². The highest BCUT2D eigenvalue weighted by atomic mass is 16.6. The van der Waals surface area contributed by atoms with Crippen molar-refractivity contribution in [3.05, 3.63) is 99.4 Å². The smallest absolute Gasteiger partial charge is 0.302 e. The number of nitro groups is 1. The van der Waals surface area contributed by atoms with Crippen molar-refractivity contribution in [2.45, 2.75) is 13.0 Å². The number of carbonyl (C=O) groups excluding carboxylic acids is 2. The number of hydrogen-bond acceptors (Lipinski definition) is 7. The highest BCUT2D eigenvalue weighted by Crippen LogP contribution is 2.41. The highest BCUT2D eigenvalue weighted by Gasteiger charge is 2.48. The van der Waals surface area contributed by atoms with Gasteiger partial charge in [-0.05, 0) is 30.7 Å². The Kier molecular flexibility index (Phi) is 5.00. The van der Waals surface area contributed by atoms with Crippen molar-refractivity contribution in [2.24, 2.45) is 0 Å². The molecule has 1 unspecified atom stereocenters. The van der Waals surface area contributed by atoms with Crippen LogP contribution < -0.4 is 4.90 Å². The van der Waals surface area contributed by atoms with Crippen molar-refractivity contribution in [2.75, 3.05) is 4.90 Å². The third kappa shape index (κ3) is 3.52. The van der Waals surface area contributed by atoms with E-state index in [4.69, 9.17) is 0 Å². The maximum atomic E-state index is 13.0. The van der Waals surface area contributed by atoms with Crippen LogP contribution in [0.1, 0.15) is 22.7 Å². The largest absolute Gasteiger partial charge is 0.507 e. The standard InChI is InChI=1S/C22H16N4O5/c1-13-3-5-15(6-4-13)19(27)17-18(14-7-9-16(10-8-14)26(30)31)25(21(29)20(17)28)22-23-11-2-12-24-22/h2-12,18,27H,1H3/b19-17+. The summed E-state index contributed by atoms with van der Waals surface area (Å²) in [5.74, 6) is -2.16. The summed E-state index contributed by atoms with van der Waals surface area (Å²) in [5.41, 5.74) is 1.43. The quantitative estimate of drug-likeness (QED) is 0.227. The number of ketones is 1. The van der Waals surface area contributed by atoms with Gasteiger partial charge in [-0.3, -0.25) is 24.6 Å². The summed E-state index contributed by atoms with van der Waals surface area (Å²) in [6, 6.07) is 12.8. The lowest BCUT2D eigenvalue weighted by Crippen LogP contribution is -2.31. The van der Waals surface area contributed by atoms with E-state index in [0.29, 0.717) is 11.1 Å². The molecule has 1 fully saturated rings. The molecule has 4 rings (SSSR count). The average molecular weight is 416 g/mol. The van der Waals surface area contributed by atoms with Gasteiger partial charge in [0.1, 0.15) is 5.76 Å². The Bertz CT molecular complexity index is 1200. The Morgan fingerprint density at radius 2 is 1.65 bits per heavy atom. The second kappa shape index (κ2) is 7.79. The van der Waals surface area contributed by atoms with Gasteiger partial charge in [-0.25, -0.2) is 9.97 Å². The molecule has 1 N–H and O–H groups in total. The molecule has 1 aromatic heterocycles. The lowest BCUT2D eigenvalue weighted by Gasteiger charge is -2.23. The van der Waals surface area contributed by atoms with Gasteiger partial charge in [0.25, 0.3) is 11.5 Å². The number of nitro benzene ring substituents is 1. The van der Waals surface area contributed by atoms with Gasteiger partial charge in [-0.15, -0.1) is 0 Å². The number of aromatic nitrogens is 2. The molecule has 2 aromatic carbocycles. The molecule has 3 aromatic rings. The van der Waals surface area contributed by atoms with E-state index in [9.17, 15) is 24.8 Å². The zero-order valence-electron chi connectivity index (χ0n) is 16.3. The van der Waals surface area contributed by atoms with Crippen molar-refractivity contribution < 1.29 is 19.6 Å². The Hall–Kier alpha value is -4.40. The van der Waals surface area contributed by atoms with Crippen LogP contribution in [-0.4, -0.2) is 31.7 Å². The van der Waals surface area contributed by atoms with E-state index in [1.165, 1.54) is 36.7 Å². The van der Waals surface area contributed by atoms with Gasteiger partial charge >= 0.3 is 5.91 Å². The molecule has 2 heterocycles. The number of carbonyl (C=O) groups is 2. The van der Waals surface area contributed by atoms with E-state index in [2.05, 4.69) is 9.97 Å². The van der Waals surface area contributed by atoms with Crippen LogP contribution in [0.25, 0.3) is 5.76 Å². The zero-order chi connectivity index (χ0) is 22.1. The van der Waals surface area contributed by atoms with Gasteiger partial charge in [0.05, 0.1) is 16.5 Å². The third-order valence-corrected chi connectivity index (χ3v) is 4.96. The van der Waals surface area contributed by atoms with Gasteiger partial charge in [-0.1, -0.05) is 29.8 Å². The molecule has 1 atom stereocenters. The van der Waals surface area contributed by atoms with Crippen LogP contribution in [0.5, 0.6) is 0 Å². The summed E-state index contributed by atoms with van der Waals surface area (Å²) in [6.07, 6.45) is 2.85. The molecule has 0 bridgehead atoms. The molecule has 1 saturated heterocycles. The molecule has 9 nitrogen and oxygen atoms in total. The van der Waals surface area contributed by atoms with Crippen LogP contribution in [0.2, 0.25) is 0 Å². The predicted molar refractivity (Wildman–Crippen MR) is 111 cm³/mol. The van der Waals surface area contributed by atoms with Crippen LogP contribution in [0, 0.1) is 17.0 Å². The second-order valence-corrected chi connectivity index (χ2v) is 6.93. The van der Waals surface area contributed by atoms with Crippen molar-refractivity contribution in [3.63, 3.8) is 0 Å². The van der Waals surface area contributed by atoms with E-state index >= 15 is 0 Å². The van der Waals surface area contributed by atoms with Crippen LogP contribution >= 0.6 is 0 Å². The minimum atomic E-state index is -1.05. The number of anilines is 1. The molecular formula is C22H16N4O5. The van der Waals surface area contributed by atoms with Gasteiger partial charge in [0.15, 0.2) is 0 Å². The van der Waals surface area contributed by atoms with Crippen molar-refractivity contribution in [1.29, 1.82) is 0 Å². The zero-order valence-corrected chi connectivity index (χ0v) is 16.3. The fourth-order valence-corrected chi connectivity index (χ4v) is 3.42. The van der Waals surface area contributed by atoms with Crippen LogP contribution in [0.4, 0.5) is 11.6 Å². The molecular weight excluding hydrogens is 400 g/mol. The number of hydrogen-bond donors (Lipinski definition) is 1. The Morgan fingerprint density at radius 3 is 2.23 bits per heavy atom. The minimum absolute atomic E-state index is 0.0177. The summed E-state index contributed by atoms with van der Waals surface area (Å²) >= 11 is 0. The number of Topliss-reactive ketones (excluding diaryl/α,β-unsaturated/α-hetero) is 1. The van der Waals surface area contributed by atoms with Gasteiger partial charge in [-0.2, -0.15) is 0 Å². The summed E-state index contributed by atoms with van der Waals surface area (Å²) < 4.78 is 0. The molecule has 1 aliphatic heterocycles. The lowest BCUT2D eigenvalue weighted by molar-refractivity contribution is -0.384.